The normalized spacial score (nSPS) is 23.5. The van der Waals surface area contributed by atoms with E-state index < -0.39 is 0 Å². The minimum atomic E-state index is 0.428. The van der Waals surface area contributed by atoms with E-state index in [1.807, 2.05) is 18.2 Å². The molecule has 0 amide bonds. The van der Waals surface area contributed by atoms with Crippen molar-refractivity contribution in [3.8, 4) is 11.5 Å². The Kier molecular flexibility index (Phi) is 3.41. The average Bonchev–Trinajstić information content (AvgIpc) is 2.91. The number of ether oxygens (including phenoxy) is 2. The second-order valence-corrected chi connectivity index (χ2v) is 5.30. The van der Waals surface area contributed by atoms with Crippen molar-refractivity contribution in [3.05, 3.63) is 23.8 Å². The zero-order chi connectivity index (χ0) is 12.4. The lowest BCUT2D eigenvalue weighted by Crippen LogP contribution is -2.44. The molecule has 1 N–H and O–H groups in total. The number of hydrogen-bond acceptors (Lipinski definition) is 3. The molecule has 1 aromatic carbocycles. The molecule has 2 aliphatic rings. The zero-order valence-electron chi connectivity index (χ0n) is 10.9. The Bertz CT molecular complexity index is 399. The molecule has 3 heteroatoms. The topological polar surface area (TPSA) is 30.5 Å². The second-order valence-electron chi connectivity index (χ2n) is 5.30. The molecule has 1 fully saturated rings. The first-order chi connectivity index (χ1) is 8.86. The van der Waals surface area contributed by atoms with Gasteiger partial charge in [-0.25, -0.2) is 0 Å². The number of rotatable bonds is 3. The Balaban J connectivity index is 1.71. The summed E-state index contributed by atoms with van der Waals surface area (Å²) in [6.45, 7) is 0.774. The van der Waals surface area contributed by atoms with E-state index in [2.05, 4.69) is 5.32 Å². The van der Waals surface area contributed by atoms with Crippen LogP contribution in [0.25, 0.3) is 0 Å². The van der Waals surface area contributed by atoms with Crippen molar-refractivity contribution in [1.82, 2.24) is 5.32 Å². The maximum atomic E-state index is 5.85. The fourth-order valence-electron chi connectivity index (χ4n) is 3.10. The van der Waals surface area contributed by atoms with Crippen molar-refractivity contribution in [2.45, 2.75) is 44.2 Å². The quantitative estimate of drug-likeness (QED) is 0.890. The molecule has 1 aromatic rings. The van der Waals surface area contributed by atoms with Crippen molar-refractivity contribution in [1.29, 1.82) is 0 Å². The molecule has 1 aliphatic heterocycles. The van der Waals surface area contributed by atoms with Gasteiger partial charge in [-0.15, -0.1) is 0 Å². The number of nitrogens with one attached hydrogen (secondary N) is 1. The van der Waals surface area contributed by atoms with Crippen molar-refractivity contribution >= 4 is 0 Å². The van der Waals surface area contributed by atoms with Gasteiger partial charge in [0.1, 0.15) is 18.1 Å². The van der Waals surface area contributed by atoms with Crippen molar-refractivity contribution in [2.75, 3.05) is 13.7 Å². The SMILES string of the molecule is COc1cccc2c1C[C@@H](NC1CCCC1)CO2. The van der Waals surface area contributed by atoms with Crippen molar-refractivity contribution in [3.63, 3.8) is 0 Å². The third-order valence-corrected chi connectivity index (χ3v) is 4.03. The van der Waals surface area contributed by atoms with Gasteiger partial charge >= 0.3 is 0 Å². The van der Waals surface area contributed by atoms with Gasteiger partial charge in [0, 0.05) is 17.6 Å². The van der Waals surface area contributed by atoms with Crippen LogP contribution in [0.4, 0.5) is 0 Å². The highest BCUT2D eigenvalue weighted by Gasteiger charge is 2.25. The van der Waals surface area contributed by atoms with Gasteiger partial charge in [-0.3, -0.25) is 0 Å². The smallest absolute Gasteiger partial charge is 0.126 e. The van der Waals surface area contributed by atoms with Crippen LogP contribution in [-0.4, -0.2) is 25.8 Å². The van der Waals surface area contributed by atoms with Gasteiger partial charge in [0.2, 0.25) is 0 Å². The summed E-state index contributed by atoms with van der Waals surface area (Å²) in [5, 5.41) is 3.73. The molecule has 18 heavy (non-hydrogen) atoms. The van der Waals surface area contributed by atoms with Gasteiger partial charge in [0.05, 0.1) is 7.11 Å². The van der Waals surface area contributed by atoms with E-state index in [4.69, 9.17) is 9.47 Å². The molecule has 0 saturated heterocycles. The lowest BCUT2D eigenvalue weighted by Gasteiger charge is -2.29. The fraction of sp³-hybridized carbons (Fsp3) is 0.600. The van der Waals surface area contributed by atoms with E-state index in [9.17, 15) is 0 Å². The summed E-state index contributed by atoms with van der Waals surface area (Å²) >= 11 is 0. The molecular weight excluding hydrogens is 226 g/mol. The largest absolute Gasteiger partial charge is 0.496 e. The van der Waals surface area contributed by atoms with Crippen LogP contribution in [0.15, 0.2) is 18.2 Å². The molecule has 1 aliphatic carbocycles. The highest BCUT2D eigenvalue weighted by Crippen LogP contribution is 2.33. The maximum absolute atomic E-state index is 5.85. The third kappa shape index (κ3) is 2.32. The minimum absolute atomic E-state index is 0.428. The Morgan fingerprint density at radius 1 is 1.22 bits per heavy atom. The van der Waals surface area contributed by atoms with Gasteiger partial charge in [-0.1, -0.05) is 18.9 Å². The molecule has 1 heterocycles. The fourth-order valence-corrected chi connectivity index (χ4v) is 3.10. The van der Waals surface area contributed by atoms with E-state index in [-0.39, 0.29) is 0 Å². The third-order valence-electron chi connectivity index (χ3n) is 4.03. The molecule has 0 spiro atoms. The van der Waals surface area contributed by atoms with E-state index in [1.165, 1.54) is 31.2 Å². The highest BCUT2D eigenvalue weighted by molar-refractivity contribution is 5.46. The molecular formula is C15H21NO2. The summed E-state index contributed by atoms with van der Waals surface area (Å²) in [6.07, 6.45) is 6.37. The zero-order valence-corrected chi connectivity index (χ0v) is 10.9. The van der Waals surface area contributed by atoms with Crippen LogP contribution in [0.2, 0.25) is 0 Å². The average molecular weight is 247 g/mol. The molecule has 0 bridgehead atoms. The maximum Gasteiger partial charge on any atom is 0.126 e. The van der Waals surface area contributed by atoms with Crippen molar-refractivity contribution < 1.29 is 9.47 Å². The van der Waals surface area contributed by atoms with Gasteiger partial charge in [0.25, 0.3) is 0 Å². The lowest BCUT2D eigenvalue weighted by molar-refractivity contribution is 0.223. The van der Waals surface area contributed by atoms with Gasteiger partial charge in [0.15, 0.2) is 0 Å². The summed E-state index contributed by atoms with van der Waals surface area (Å²) in [5.74, 6) is 1.93. The van der Waals surface area contributed by atoms with Crippen LogP contribution in [0.1, 0.15) is 31.2 Å². The molecule has 0 unspecified atom stereocenters. The van der Waals surface area contributed by atoms with E-state index in [0.29, 0.717) is 12.1 Å². The minimum Gasteiger partial charge on any atom is -0.496 e. The van der Waals surface area contributed by atoms with E-state index in [1.54, 1.807) is 7.11 Å². The molecule has 3 nitrogen and oxygen atoms in total. The predicted octanol–water partition coefficient (Wildman–Crippen LogP) is 2.53. The molecule has 3 rings (SSSR count). The summed E-state index contributed by atoms with van der Waals surface area (Å²) in [4.78, 5) is 0. The van der Waals surface area contributed by atoms with Crippen LogP contribution in [0.3, 0.4) is 0 Å². The summed E-state index contributed by atoms with van der Waals surface area (Å²) in [7, 11) is 1.73. The first-order valence-corrected chi connectivity index (χ1v) is 6.91. The van der Waals surface area contributed by atoms with E-state index >= 15 is 0 Å². The monoisotopic (exact) mass is 247 g/mol. The van der Waals surface area contributed by atoms with Crippen molar-refractivity contribution in [2.24, 2.45) is 0 Å². The number of fused-ring (bicyclic) bond motifs is 1. The highest BCUT2D eigenvalue weighted by atomic mass is 16.5. The van der Waals surface area contributed by atoms with Gasteiger partial charge in [-0.05, 0) is 31.4 Å². The molecule has 0 aromatic heterocycles. The van der Waals surface area contributed by atoms with Gasteiger partial charge < -0.3 is 14.8 Å². The van der Waals surface area contributed by atoms with E-state index in [0.717, 1.165) is 24.5 Å². The first kappa shape index (κ1) is 11.8. The second kappa shape index (κ2) is 5.19. The summed E-state index contributed by atoms with van der Waals surface area (Å²) in [5.41, 5.74) is 1.21. The van der Waals surface area contributed by atoms with Crippen LogP contribution in [-0.2, 0) is 6.42 Å². The lowest BCUT2D eigenvalue weighted by atomic mass is 10.0. The Labute approximate surface area is 108 Å². The number of benzene rings is 1. The van der Waals surface area contributed by atoms with Crippen LogP contribution >= 0.6 is 0 Å². The molecule has 98 valence electrons. The molecule has 1 saturated carbocycles. The first-order valence-electron chi connectivity index (χ1n) is 6.91. The van der Waals surface area contributed by atoms with Crippen LogP contribution < -0.4 is 14.8 Å². The Hall–Kier alpha value is -1.22. The Morgan fingerprint density at radius 3 is 2.83 bits per heavy atom. The van der Waals surface area contributed by atoms with Crippen LogP contribution in [0.5, 0.6) is 11.5 Å². The number of hydrogen-bond donors (Lipinski definition) is 1. The number of methoxy groups -OCH3 is 1. The Morgan fingerprint density at radius 2 is 2.06 bits per heavy atom. The van der Waals surface area contributed by atoms with Crippen LogP contribution in [0, 0.1) is 0 Å². The predicted molar refractivity (Wildman–Crippen MR) is 71.4 cm³/mol. The standard InChI is InChI=1S/C15H21NO2/c1-17-14-7-4-8-15-13(14)9-12(10-18-15)16-11-5-2-3-6-11/h4,7-8,11-12,16H,2-3,5-6,9-10H2,1H3/t12-/m1/s1. The summed E-state index contributed by atoms with van der Waals surface area (Å²) < 4.78 is 11.3. The van der Waals surface area contributed by atoms with Gasteiger partial charge in [-0.2, -0.15) is 0 Å². The molecule has 1 atom stereocenters. The summed E-state index contributed by atoms with van der Waals surface area (Å²) in [6, 6.07) is 7.15. The molecule has 0 radical (unpaired) electrons.